The summed E-state index contributed by atoms with van der Waals surface area (Å²) in [7, 11) is 1.95. The van der Waals surface area contributed by atoms with E-state index in [0.717, 1.165) is 54.8 Å². The zero-order chi connectivity index (χ0) is 28.2. The van der Waals surface area contributed by atoms with Gasteiger partial charge in [0.15, 0.2) is 0 Å². The molecule has 3 heterocycles. The summed E-state index contributed by atoms with van der Waals surface area (Å²) < 4.78 is 8.28. The minimum absolute atomic E-state index is 0.138. The fourth-order valence-corrected chi connectivity index (χ4v) is 7.00. The summed E-state index contributed by atoms with van der Waals surface area (Å²) in [6.07, 6.45) is 6.52. The summed E-state index contributed by atoms with van der Waals surface area (Å²) in [6.45, 7) is 17.7. The Labute approximate surface area is 238 Å². The molecule has 2 aliphatic rings. The third-order valence-corrected chi connectivity index (χ3v) is 9.14. The molecule has 209 valence electrons. The van der Waals surface area contributed by atoms with Gasteiger partial charge in [0.05, 0.1) is 17.3 Å². The minimum Gasteiger partial charge on any atom is -0.487 e. The Hall–Kier alpha value is -3.25. The van der Waals surface area contributed by atoms with E-state index in [2.05, 4.69) is 87.1 Å². The maximum Gasteiger partial charge on any atom is 0.142 e. The van der Waals surface area contributed by atoms with Crippen molar-refractivity contribution >= 4 is 11.0 Å². The zero-order valence-electron chi connectivity index (χ0n) is 24.9. The van der Waals surface area contributed by atoms with Gasteiger partial charge in [-0.1, -0.05) is 44.2 Å². The van der Waals surface area contributed by atoms with E-state index >= 15 is 0 Å². The van der Waals surface area contributed by atoms with Crippen LogP contribution in [0.4, 0.5) is 0 Å². The molecule has 3 atom stereocenters. The summed E-state index contributed by atoms with van der Waals surface area (Å²) in [5, 5.41) is 8.80. The van der Waals surface area contributed by atoms with Crippen LogP contribution < -0.4 is 4.74 Å². The lowest BCUT2D eigenvalue weighted by atomic mass is 9.70. The molecule has 1 aliphatic heterocycles. The molecule has 0 amide bonds. The molecule has 6 heteroatoms. The Morgan fingerprint density at radius 1 is 1.18 bits per heavy atom. The molecular weight excluding hydrogens is 494 g/mol. The van der Waals surface area contributed by atoms with Crippen LogP contribution in [0.2, 0.25) is 0 Å². The van der Waals surface area contributed by atoms with Crippen molar-refractivity contribution in [3.63, 3.8) is 0 Å². The van der Waals surface area contributed by atoms with Crippen LogP contribution in [0, 0.1) is 19.3 Å². The van der Waals surface area contributed by atoms with E-state index < -0.39 is 0 Å². The van der Waals surface area contributed by atoms with E-state index in [4.69, 9.17) is 9.72 Å². The molecular formula is C34H42N5O. The highest BCUT2D eigenvalue weighted by Crippen LogP contribution is 2.45. The maximum absolute atomic E-state index is 6.43. The van der Waals surface area contributed by atoms with Gasteiger partial charge >= 0.3 is 0 Å². The van der Waals surface area contributed by atoms with E-state index in [1.165, 1.54) is 39.8 Å². The van der Waals surface area contributed by atoms with Gasteiger partial charge in [-0.05, 0) is 103 Å². The Balaban J connectivity index is 1.44. The number of pyridine rings is 1. The van der Waals surface area contributed by atoms with Crippen LogP contribution in [0.15, 0.2) is 42.6 Å². The average Bonchev–Trinajstić information content (AvgIpc) is 3.52. The summed E-state index contributed by atoms with van der Waals surface area (Å²) >= 11 is 0. The first kappa shape index (κ1) is 26.9. The smallest absolute Gasteiger partial charge is 0.142 e. The number of hydrogen-bond donors (Lipinski definition) is 0. The second-order valence-electron chi connectivity index (χ2n) is 12.6. The van der Waals surface area contributed by atoms with Crippen LogP contribution >= 0.6 is 0 Å². The second kappa shape index (κ2) is 10.3. The van der Waals surface area contributed by atoms with Gasteiger partial charge in [0.25, 0.3) is 0 Å². The predicted molar refractivity (Wildman–Crippen MR) is 160 cm³/mol. The van der Waals surface area contributed by atoms with Crippen LogP contribution in [0.25, 0.3) is 11.0 Å². The monoisotopic (exact) mass is 536 g/mol. The summed E-state index contributed by atoms with van der Waals surface area (Å²) in [5.74, 6) is 1.07. The fraction of sp³-hybridized carbons (Fsp3) is 0.471. The Bertz CT molecular complexity index is 1550. The molecule has 2 aromatic heterocycles. The van der Waals surface area contributed by atoms with Gasteiger partial charge in [0.1, 0.15) is 17.4 Å². The van der Waals surface area contributed by atoms with Gasteiger partial charge in [0.2, 0.25) is 0 Å². The number of hydrogen-bond acceptors (Lipinski definition) is 5. The minimum atomic E-state index is -0.218. The highest BCUT2D eigenvalue weighted by atomic mass is 16.5. The summed E-state index contributed by atoms with van der Waals surface area (Å²) in [6, 6.07) is 13.6. The molecule has 4 aromatic rings. The standard InChI is InChI=1S/C34H42N5O/c1-8-26-20-39(22(3)33-30(40-26)13-10-16-35-33)19-25-18-24(17-23-11-9-12-28(23)25)31(34(4,5)6)27-14-15-29-32(21(27)2)36-37-38(29)7/h10,13-18,22,26,31H,4,8-9,11-12,19-20H2,1-3,5-7H3/t22-,26+,31-/m0/s1. The first-order valence-electron chi connectivity index (χ1n) is 14.8. The van der Waals surface area contributed by atoms with Gasteiger partial charge in [-0.2, -0.15) is 0 Å². The van der Waals surface area contributed by atoms with Crippen molar-refractivity contribution in [1.29, 1.82) is 0 Å². The summed E-state index contributed by atoms with van der Waals surface area (Å²) in [4.78, 5) is 7.34. The predicted octanol–water partition coefficient (Wildman–Crippen LogP) is 6.89. The largest absolute Gasteiger partial charge is 0.487 e. The molecule has 0 saturated carbocycles. The van der Waals surface area contributed by atoms with E-state index in [9.17, 15) is 0 Å². The van der Waals surface area contributed by atoms with Crippen molar-refractivity contribution in [2.45, 2.75) is 84.9 Å². The third kappa shape index (κ3) is 4.70. The Morgan fingerprint density at radius 3 is 2.77 bits per heavy atom. The molecule has 0 saturated heterocycles. The van der Waals surface area contributed by atoms with Gasteiger partial charge in [0, 0.05) is 32.3 Å². The van der Waals surface area contributed by atoms with Crippen molar-refractivity contribution in [2.24, 2.45) is 12.5 Å². The van der Waals surface area contributed by atoms with Gasteiger partial charge in [-0.25, -0.2) is 4.68 Å². The fourth-order valence-electron chi connectivity index (χ4n) is 7.00. The first-order chi connectivity index (χ1) is 19.2. The van der Waals surface area contributed by atoms with Crippen LogP contribution in [0.5, 0.6) is 5.75 Å². The molecule has 0 N–H and O–H groups in total. The quantitative estimate of drug-likeness (QED) is 0.269. The molecule has 1 aliphatic carbocycles. The molecule has 6 nitrogen and oxygen atoms in total. The zero-order valence-corrected chi connectivity index (χ0v) is 24.9. The highest BCUT2D eigenvalue weighted by Gasteiger charge is 2.34. The Morgan fingerprint density at radius 2 is 2.00 bits per heavy atom. The maximum atomic E-state index is 6.43. The van der Waals surface area contributed by atoms with Gasteiger partial charge in [-0.3, -0.25) is 9.88 Å². The van der Waals surface area contributed by atoms with Crippen molar-refractivity contribution in [2.75, 3.05) is 6.54 Å². The number of ether oxygens (including phenoxy) is 1. The molecule has 1 radical (unpaired) electrons. The third-order valence-electron chi connectivity index (χ3n) is 9.14. The second-order valence-corrected chi connectivity index (χ2v) is 12.6. The number of rotatable bonds is 6. The van der Waals surface area contributed by atoms with E-state index in [1.54, 1.807) is 0 Å². The molecule has 0 bridgehead atoms. The molecule has 0 fully saturated rings. The van der Waals surface area contributed by atoms with Crippen molar-refractivity contribution < 1.29 is 4.74 Å². The van der Waals surface area contributed by atoms with E-state index in [1.807, 2.05) is 24.0 Å². The summed E-state index contributed by atoms with van der Waals surface area (Å²) in [5.41, 5.74) is 11.2. The number of nitrogens with zero attached hydrogens (tertiary/aromatic N) is 5. The number of aromatic nitrogens is 4. The van der Waals surface area contributed by atoms with Gasteiger partial charge < -0.3 is 4.74 Å². The van der Waals surface area contributed by atoms with Crippen LogP contribution in [0.3, 0.4) is 0 Å². The topological polar surface area (TPSA) is 56.1 Å². The molecule has 2 aromatic carbocycles. The van der Waals surface area contributed by atoms with Gasteiger partial charge in [-0.15, -0.1) is 5.10 Å². The van der Waals surface area contributed by atoms with Crippen LogP contribution in [0.1, 0.15) is 91.6 Å². The number of benzene rings is 2. The molecule has 40 heavy (non-hydrogen) atoms. The van der Waals surface area contributed by atoms with Crippen molar-refractivity contribution in [3.05, 3.63) is 88.6 Å². The lowest BCUT2D eigenvalue weighted by Crippen LogP contribution is -2.34. The Kier molecular flexibility index (Phi) is 6.94. The first-order valence-corrected chi connectivity index (χ1v) is 14.8. The molecule has 0 unspecified atom stereocenters. The van der Waals surface area contributed by atoms with Crippen molar-refractivity contribution in [3.8, 4) is 5.75 Å². The van der Waals surface area contributed by atoms with Crippen LogP contribution in [-0.4, -0.2) is 37.5 Å². The number of aryl methyl sites for hydroxylation is 3. The lowest BCUT2D eigenvalue weighted by molar-refractivity contribution is 0.121. The average molecular weight is 537 g/mol. The SMILES string of the molecule is [CH2]C(C)(C)[C@@H](c1cc2c(c(CN3C[C@@H](CC)Oc4cccnc4[C@@H]3C)c1)CCC2)c1ccc2c(nnn2C)c1C. The highest BCUT2D eigenvalue weighted by molar-refractivity contribution is 5.79. The number of fused-ring (bicyclic) bond motifs is 3. The lowest BCUT2D eigenvalue weighted by Gasteiger charge is -2.34. The molecule has 6 rings (SSSR count). The van der Waals surface area contributed by atoms with E-state index in [0.29, 0.717) is 0 Å². The van der Waals surface area contributed by atoms with Crippen molar-refractivity contribution in [1.82, 2.24) is 24.9 Å². The van der Waals surface area contributed by atoms with E-state index in [-0.39, 0.29) is 23.5 Å². The molecule has 0 spiro atoms. The normalized spacial score (nSPS) is 20.2. The van der Waals surface area contributed by atoms with Crippen LogP contribution in [-0.2, 0) is 26.4 Å².